The van der Waals surface area contributed by atoms with Gasteiger partial charge in [-0.3, -0.25) is 4.79 Å². The lowest BCUT2D eigenvalue weighted by Crippen LogP contribution is -2.24. The van der Waals surface area contributed by atoms with E-state index in [0.29, 0.717) is 30.4 Å². The van der Waals surface area contributed by atoms with Gasteiger partial charge in [-0.25, -0.2) is 0 Å². The third-order valence-corrected chi connectivity index (χ3v) is 4.75. The van der Waals surface area contributed by atoms with E-state index in [0.717, 1.165) is 11.1 Å². The Morgan fingerprint density at radius 1 is 0.935 bits per heavy atom. The molecule has 1 heterocycles. The fourth-order valence-electron chi connectivity index (χ4n) is 3.36. The van der Waals surface area contributed by atoms with Gasteiger partial charge in [-0.1, -0.05) is 65.8 Å². The summed E-state index contributed by atoms with van der Waals surface area (Å²) in [6, 6.07) is 24.8. The molecule has 0 spiro atoms. The van der Waals surface area contributed by atoms with Crippen molar-refractivity contribution in [1.29, 1.82) is 0 Å². The normalized spacial score (nSPS) is 13.0. The number of benzene rings is 3. The standard InChI is InChI=1S/C24H23N3O4/c25-24(23(17-7-3-1-4-8-17)18-9-5-2-6-10-18)27-31-16-22(28)26-19-11-12-20-21(15-19)30-14-13-29-20/h1-12,15,23H,13-14,16H2,(H2,25,27)(H,26,28). The SMILES string of the molecule is N/C(=N/OCC(=O)Nc1ccc2c(c1)OCCO2)C(c1ccccc1)c1ccccc1. The third kappa shape index (κ3) is 5.14. The molecule has 0 fully saturated rings. The van der Waals surface area contributed by atoms with Crippen molar-refractivity contribution in [1.82, 2.24) is 0 Å². The molecule has 158 valence electrons. The number of nitrogens with one attached hydrogen (secondary N) is 1. The van der Waals surface area contributed by atoms with Crippen LogP contribution in [0.4, 0.5) is 5.69 Å². The maximum absolute atomic E-state index is 12.3. The molecule has 0 aromatic heterocycles. The Kier molecular flexibility index (Phi) is 6.32. The predicted octanol–water partition coefficient (Wildman–Crippen LogP) is 3.52. The minimum atomic E-state index is -0.357. The Balaban J connectivity index is 1.40. The summed E-state index contributed by atoms with van der Waals surface area (Å²) in [4.78, 5) is 17.5. The molecule has 0 aliphatic carbocycles. The van der Waals surface area contributed by atoms with Crippen LogP contribution in [0.25, 0.3) is 0 Å². The number of rotatable bonds is 7. The summed E-state index contributed by atoms with van der Waals surface area (Å²) in [5.41, 5.74) is 8.82. The molecule has 3 aromatic rings. The molecule has 3 aromatic carbocycles. The third-order valence-electron chi connectivity index (χ3n) is 4.75. The first kappa shape index (κ1) is 20.3. The van der Waals surface area contributed by atoms with Crippen LogP contribution in [0.2, 0.25) is 0 Å². The van der Waals surface area contributed by atoms with E-state index in [2.05, 4.69) is 10.5 Å². The number of carbonyl (C=O) groups excluding carboxylic acids is 1. The Morgan fingerprint density at radius 2 is 1.55 bits per heavy atom. The Hall–Kier alpha value is -4.00. The van der Waals surface area contributed by atoms with Crippen molar-refractivity contribution < 1.29 is 19.1 Å². The average Bonchev–Trinajstić information content (AvgIpc) is 2.80. The minimum absolute atomic E-state index is 0.268. The van der Waals surface area contributed by atoms with Crippen molar-refractivity contribution >= 4 is 17.4 Å². The number of hydrogen-bond acceptors (Lipinski definition) is 5. The topological polar surface area (TPSA) is 95.2 Å². The second-order valence-corrected chi connectivity index (χ2v) is 6.95. The number of oxime groups is 1. The van der Waals surface area contributed by atoms with Crippen molar-refractivity contribution in [3.8, 4) is 11.5 Å². The number of amides is 1. The second-order valence-electron chi connectivity index (χ2n) is 6.95. The zero-order chi connectivity index (χ0) is 21.5. The number of nitrogens with zero attached hydrogens (tertiary/aromatic N) is 1. The van der Waals surface area contributed by atoms with Gasteiger partial charge in [0.05, 0.1) is 5.92 Å². The molecule has 0 bridgehead atoms. The van der Waals surface area contributed by atoms with Gasteiger partial charge in [0.1, 0.15) is 13.2 Å². The minimum Gasteiger partial charge on any atom is -0.486 e. The van der Waals surface area contributed by atoms with Crippen LogP contribution in [0.3, 0.4) is 0 Å². The summed E-state index contributed by atoms with van der Waals surface area (Å²) in [5.74, 6) is 0.892. The smallest absolute Gasteiger partial charge is 0.265 e. The molecular weight excluding hydrogens is 394 g/mol. The van der Waals surface area contributed by atoms with Crippen LogP contribution in [0.5, 0.6) is 11.5 Å². The van der Waals surface area contributed by atoms with Crippen LogP contribution >= 0.6 is 0 Å². The Morgan fingerprint density at radius 3 is 2.19 bits per heavy atom. The first-order chi connectivity index (χ1) is 15.2. The molecule has 7 heteroatoms. The molecule has 31 heavy (non-hydrogen) atoms. The molecule has 0 radical (unpaired) electrons. The van der Waals surface area contributed by atoms with Crippen LogP contribution in [0.15, 0.2) is 84.0 Å². The van der Waals surface area contributed by atoms with E-state index in [-0.39, 0.29) is 24.3 Å². The number of carbonyl (C=O) groups is 1. The van der Waals surface area contributed by atoms with Gasteiger partial charge in [0, 0.05) is 11.8 Å². The van der Waals surface area contributed by atoms with E-state index in [1.54, 1.807) is 18.2 Å². The van der Waals surface area contributed by atoms with Gasteiger partial charge in [-0.05, 0) is 23.3 Å². The summed E-state index contributed by atoms with van der Waals surface area (Å²) in [5, 5.41) is 6.77. The second kappa shape index (κ2) is 9.67. The molecule has 0 atom stereocenters. The molecule has 1 amide bonds. The summed E-state index contributed by atoms with van der Waals surface area (Å²) in [6.45, 7) is 0.718. The van der Waals surface area contributed by atoms with Gasteiger partial charge in [0.25, 0.3) is 5.91 Å². The first-order valence-corrected chi connectivity index (χ1v) is 9.95. The zero-order valence-electron chi connectivity index (χ0n) is 16.9. The van der Waals surface area contributed by atoms with Crippen LogP contribution in [0, 0.1) is 0 Å². The highest BCUT2D eigenvalue weighted by atomic mass is 16.6. The van der Waals surface area contributed by atoms with Crippen molar-refractivity contribution in [3.63, 3.8) is 0 Å². The van der Waals surface area contributed by atoms with E-state index < -0.39 is 0 Å². The van der Waals surface area contributed by atoms with E-state index in [9.17, 15) is 4.79 Å². The number of nitrogens with two attached hydrogens (primary N) is 1. The summed E-state index contributed by atoms with van der Waals surface area (Å²) >= 11 is 0. The van der Waals surface area contributed by atoms with Gasteiger partial charge >= 0.3 is 0 Å². The number of ether oxygens (including phenoxy) is 2. The lowest BCUT2D eigenvalue weighted by Gasteiger charge is -2.19. The molecule has 0 unspecified atom stereocenters. The van der Waals surface area contributed by atoms with E-state index in [1.807, 2.05) is 60.7 Å². The zero-order valence-corrected chi connectivity index (χ0v) is 16.9. The van der Waals surface area contributed by atoms with Crippen molar-refractivity contribution in [3.05, 3.63) is 90.0 Å². The van der Waals surface area contributed by atoms with Crippen LogP contribution in [-0.4, -0.2) is 31.6 Å². The molecule has 0 saturated heterocycles. The van der Waals surface area contributed by atoms with E-state index >= 15 is 0 Å². The lowest BCUT2D eigenvalue weighted by atomic mass is 9.90. The largest absolute Gasteiger partial charge is 0.486 e. The molecule has 4 rings (SSSR count). The van der Waals surface area contributed by atoms with Gasteiger partial charge in [-0.15, -0.1) is 0 Å². The van der Waals surface area contributed by atoms with Crippen molar-refractivity contribution in [2.45, 2.75) is 5.92 Å². The molecule has 0 saturated carbocycles. The number of amidine groups is 1. The summed E-state index contributed by atoms with van der Waals surface area (Å²) < 4.78 is 11.0. The predicted molar refractivity (Wildman–Crippen MR) is 118 cm³/mol. The molecule has 7 nitrogen and oxygen atoms in total. The average molecular weight is 417 g/mol. The monoisotopic (exact) mass is 417 g/mol. The van der Waals surface area contributed by atoms with E-state index in [4.69, 9.17) is 20.0 Å². The van der Waals surface area contributed by atoms with Gasteiger partial charge in [-0.2, -0.15) is 0 Å². The number of anilines is 1. The van der Waals surface area contributed by atoms with Crippen LogP contribution in [0.1, 0.15) is 17.0 Å². The number of hydrogen-bond donors (Lipinski definition) is 2. The first-order valence-electron chi connectivity index (χ1n) is 9.95. The fourth-order valence-corrected chi connectivity index (χ4v) is 3.36. The van der Waals surface area contributed by atoms with Crippen LogP contribution < -0.4 is 20.5 Å². The maximum atomic E-state index is 12.3. The Bertz CT molecular complexity index is 1020. The quantitative estimate of drug-likeness (QED) is 0.348. The highest BCUT2D eigenvalue weighted by Crippen LogP contribution is 2.32. The van der Waals surface area contributed by atoms with Crippen molar-refractivity contribution in [2.24, 2.45) is 10.9 Å². The van der Waals surface area contributed by atoms with Gasteiger partial charge in [0.2, 0.25) is 0 Å². The summed E-state index contributed by atoms with van der Waals surface area (Å²) in [6.07, 6.45) is 0. The highest BCUT2D eigenvalue weighted by molar-refractivity contribution is 5.92. The molecule has 1 aliphatic rings. The summed E-state index contributed by atoms with van der Waals surface area (Å²) in [7, 11) is 0. The fraction of sp³-hybridized carbons (Fsp3) is 0.167. The number of fused-ring (bicyclic) bond motifs is 1. The molecule has 3 N–H and O–H groups in total. The maximum Gasteiger partial charge on any atom is 0.265 e. The molecular formula is C24H23N3O4. The van der Waals surface area contributed by atoms with Crippen LogP contribution in [-0.2, 0) is 9.63 Å². The Labute approximate surface area is 180 Å². The molecule has 1 aliphatic heterocycles. The highest BCUT2D eigenvalue weighted by Gasteiger charge is 2.19. The van der Waals surface area contributed by atoms with Gasteiger partial charge < -0.3 is 25.4 Å². The van der Waals surface area contributed by atoms with E-state index in [1.165, 1.54) is 0 Å². The van der Waals surface area contributed by atoms with Crippen molar-refractivity contribution in [2.75, 3.05) is 25.1 Å². The lowest BCUT2D eigenvalue weighted by molar-refractivity contribution is -0.120. The van der Waals surface area contributed by atoms with Gasteiger partial charge in [0.15, 0.2) is 23.9 Å².